The number of rotatable bonds is 5. The minimum absolute atomic E-state index is 0.249. The predicted octanol–water partition coefficient (Wildman–Crippen LogP) is 2.89. The van der Waals surface area contributed by atoms with Crippen LogP contribution in [0.25, 0.3) is 0 Å². The third kappa shape index (κ3) is 4.89. The first-order valence-corrected chi connectivity index (χ1v) is 7.86. The van der Waals surface area contributed by atoms with Crippen LogP contribution in [0.2, 0.25) is 0 Å². The second-order valence-electron chi connectivity index (χ2n) is 5.31. The van der Waals surface area contributed by atoms with Crippen LogP contribution in [-0.4, -0.2) is 23.7 Å². The van der Waals surface area contributed by atoms with Gasteiger partial charge in [-0.2, -0.15) is 0 Å². The van der Waals surface area contributed by atoms with E-state index >= 15 is 0 Å². The van der Waals surface area contributed by atoms with Gasteiger partial charge in [-0.15, -0.1) is 11.8 Å². The van der Waals surface area contributed by atoms with E-state index < -0.39 is 0 Å². The van der Waals surface area contributed by atoms with Gasteiger partial charge in [0.25, 0.3) is 0 Å². The van der Waals surface area contributed by atoms with Crippen molar-refractivity contribution in [3.63, 3.8) is 0 Å². The first kappa shape index (κ1) is 14.9. The highest BCUT2D eigenvalue weighted by molar-refractivity contribution is 8.00. The summed E-state index contributed by atoms with van der Waals surface area (Å²) in [6.45, 7) is 4.29. The molecule has 0 aromatic heterocycles. The van der Waals surface area contributed by atoms with Crippen molar-refractivity contribution in [1.29, 1.82) is 0 Å². The third-order valence-electron chi connectivity index (χ3n) is 3.08. The molecule has 0 saturated heterocycles. The van der Waals surface area contributed by atoms with Crippen LogP contribution in [-0.2, 0) is 4.79 Å². The van der Waals surface area contributed by atoms with Gasteiger partial charge in [0.05, 0.1) is 5.75 Å². The molecule has 108 valence electrons. The summed E-state index contributed by atoms with van der Waals surface area (Å²) < 4.78 is 0. The second-order valence-corrected chi connectivity index (χ2v) is 6.36. The predicted molar refractivity (Wildman–Crippen MR) is 81.0 cm³/mol. The van der Waals surface area contributed by atoms with Crippen LogP contribution in [0.15, 0.2) is 29.2 Å². The van der Waals surface area contributed by atoms with Gasteiger partial charge in [0.15, 0.2) is 0 Å². The van der Waals surface area contributed by atoms with Crippen LogP contribution >= 0.6 is 11.8 Å². The number of urea groups is 1. The van der Waals surface area contributed by atoms with Crippen molar-refractivity contribution < 1.29 is 9.59 Å². The van der Waals surface area contributed by atoms with Crippen molar-refractivity contribution in [2.75, 3.05) is 5.75 Å². The lowest BCUT2D eigenvalue weighted by Gasteiger charge is -2.07. The monoisotopic (exact) mass is 292 g/mol. The van der Waals surface area contributed by atoms with Crippen LogP contribution in [0.3, 0.4) is 0 Å². The Morgan fingerprint density at radius 1 is 1.25 bits per heavy atom. The molecule has 20 heavy (non-hydrogen) atoms. The summed E-state index contributed by atoms with van der Waals surface area (Å²) in [6, 6.07) is 8.05. The maximum absolute atomic E-state index is 11.6. The number of imide groups is 1. The number of carbonyl (C=O) groups excluding carboxylic acids is 2. The molecule has 0 bridgehead atoms. The Morgan fingerprint density at radius 2 is 1.90 bits per heavy atom. The van der Waals surface area contributed by atoms with Crippen molar-refractivity contribution in [1.82, 2.24) is 10.6 Å². The van der Waals surface area contributed by atoms with Crippen LogP contribution in [0.1, 0.15) is 38.2 Å². The fourth-order valence-electron chi connectivity index (χ4n) is 1.71. The van der Waals surface area contributed by atoms with Crippen molar-refractivity contribution in [3.8, 4) is 0 Å². The Labute approximate surface area is 123 Å². The van der Waals surface area contributed by atoms with E-state index in [0.29, 0.717) is 5.92 Å². The molecule has 1 aliphatic rings. The Balaban J connectivity index is 1.73. The van der Waals surface area contributed by atoms with Gasteiger partial charge in [-0.1, -0.05) is 26.0 Å². The molecule has 0 aliphatic heterocycles. The van der Waals surface area contributed by atoms with Gasteiger partial charge in [0.1, 0.15) is 0 Å². The zero-order chi connectivity index (χ0) is 14.5. The average Bonchev–Trinajstić information content (AvgIpc) is 3.20. The maximum Gasteiger partial charge on any atom is 0.321 e. The van der Waals surface area contributed by atoms with Gasteiger partial charge in [-0.3, -0.25) is 10.1 Å². The molecule has 0 heterocycles. The SMILES string of the molecule is CC(C)c1ccc(SCC(=O)NC(=O)NC2CC2)cc1. The van der Waals surface area contributed by atoms with E-state index in [-0.39, 0.29) is 23.7 Å². The molecule has 2 rings (SSSR count). The zero-order valence-corrected chi connectivity index (χ0v) is 12.6. The molecule has 0 spiro atoms. The minimum atomic E-state index is -0.381. The summed E-state index contributed by atoms with van der Waals surface area (Å²) in [5.41, 5.74) is 1.28. The Hall–Kier alpha value is -1.49. The summed E-state index contributed by atoms with van der Waals surface area (Å²) in [7, 11) is 0. The summed E-state index contributed by atoms with van der Waals surface area (Å²) in [5, 5.41) is 5.06. The standard InChI is InChI=1S/C15H20N2O2S/c1-10(2)11-3-7-13(8-4-11)20-9-14(18)17-15(19)16-12-5-6-12/h3-4,7-8,10,12H,5-6,9H2,1-2H3,(H2,16,17,18,19). The largest absolute Gasteiger partial charge is 0.335 e. The minimum Gasteiger partial charge on any atom is -0.335 e. The molecule has 1 saturated carbocycles. The first-order chi connectivity index (χ1) is 9.54. The van der Waals surface area contributed by atoms with E-state index in [9.17, 15) is 9.59 Å². The van der Waals surface area contributed by atoms with E-state index in [0.717, 1.165) is 17.7 Å². The molecule has 0 unspecified atom stereocenters. The highest BCUT2D eigenvalue weighted by Gasteiger charge is 2.23. The second kappa shape index (κ2) is 6.79. The Bertz CT molecular complexity index is 481. The van der Waals surface area contributed by atoms with Gasteiger partial charge in [0, 0.05) is 10.9 Å². The van der Waals surface area contributed by atoms with Gasteiger partial charge < -0.3 is 5.32 Å². The number of thioether (sulfide) groups is 1. The fourth-order valence-corrected chi connectivity index (χ4v) is 2.41. The lowest BCUT2D eigenvalue weighted by Crippen LogP contribution is -2.41. The van der Waals surface area contributed by atoms with E-state index in [1.54, 1.807) is 0 Å². The molecule has 0 radical (unpaired) electrons. The Morgan fingerprint density at radius 3 is 2.45 bits per heavy atom. The zero-order valence-electron chi connectivity index (χ0n) is 11.8. The normalized spacial score (nSPS) is 14.2. The van der Waals surface area contributed by atoms with Gasteiger partial charge in [-0.05, 0) is 36.5 Å². The summed E-state index contributed by atoms with van der Waals surface area (Å²) in [5.74, 6) is 0.489. The van der Waals surface area contributed by atoms with Crippen molar-refractivity contribution in [3.05, 3.63) is 29.8 Å². The maximum atomic E-state index is 11.6. The number of carbonyl (C=O) groups is 2. The molecular formula is C15H20N2O2S. The van der Waals surface area contributed by atoms with Crippen molar-refractivity contribution in [2.24, 2.45) is 0 Å². The molecule has 5 heteroatoms. The molecular weight excluding hydrogens is 272 g/mol. The lowest BCUT2D eigenvalue weighted by atomic mass is 10.0. The van der Waals surface area contributed by atoms with Crippen LogP contribution in [0, 0.1) is 0 Å². The number of benzene rings is 1. The van der Waals surface area contributed by atoms with E-state index in [1.807, 2.05) is 12.1 Å². The molecule has 1 aromatic carbocycles. The van der Waals surface area contributed by atoms with Crippen molar-refractivity contribution >= 4 is 23.7 Å². The van der Waals surface area contributed by atoms with Crippen LogP contribution in [0.4, 0.5) is 4.79 Å². The smallest absolute Gasteiger partial charge is 0.321 e. The highest BCUT2D eigenvalue weighted by Crippen LogP contribution is 2.21. The Kier molecular flexibility index (Phi) is 5.06. The van der Waals surface area contributed by atoms with E-state index in [1.165, 1.54) is 17.3 Å². The molecule has 0 atom stereocenters. The quantitative estimate of drug-likeness (QED) is 0.820. The number of hydrogen-bond acceptors (Lipinski definition) is 3. The number of amides is 3. The van der Waals surface area contributed by atoms with Gasteiger partial charge in [-0.25, -0.2) is 4.79 Å². The summed E-state index contributed by atoms with van der Waals surface area (Å²) in [4.78, 5) is 24.0. The lowest BCUT2D eigenvalue weighted by molar-refractivity contribution is -0.117. The third-order valence-corrected chi connectivity index (χ3v) is 4.09. The molecule has 3 amide bonds. The molecule has 2 N–H and O–H groups in total. The average molecular weight is 292 g/mol. The molecule has 1 aromatic rings. The molecule has 1 aliphatic carbocycles. The fraction of sp³-hybridized carbons (Fsp3) is 0.467. The van der Waals surface area contributed by atoms with Gasteiger partial charge in [0.2, 0.25) is 5.91 Å². The van der Waals surface area contributed by atoms with E-state index in [2.05, 4.69) is 36.6 Å². The number of nitrogens with one attached hydrogen (secondary N) is 2. The summed E-state index contributed by atoms with van der Waals surface area (Å²) >= 11 is 1.43. The first-order valence-electron chi connectivity index (χ1n) is 6.87. The molecule has 1 fully saturated rings. The van der Waals surface area contributed by atoms with E-state index in [4.69, 9.17) is 0 Å². The van der Waals surface area contributed by atoms with Crippen LogP contribution in [0.5, 0.6) is 0 Å². The number of hydrogen-bond donors (Lipinski definition) is 2. The van der Waals surface area contributed by atoms with Crippen molar-refractivity contribution in [2.45, 2.75) is 43.5 Å². The van der Waals surface area contributed by atoms with Crippen LogP contribution < -0.4 is 10.6 Å². The summed E-state index contributed by atoms with van der Waals surface area (Å²) in [6.07, 6.45) is 2.02. The highest BCUT2D eigenvalue weighted by atomic mass is 32.2. The topological polar surface area (TPSA) is 58.2 Å². The van der Waals surface area contributed by atoms with Gasteiger partial charge >= 0.3 is 6.03 Å². The molecule has 4 nitrogen and oxygen atoms in total.